The first-order chi connectivity index (χ1) is 10.8. The van der Waals surface area contributed by atoms with Crippen molar-refractivity contribution in [1.82, 2.24) is 14.8 Å². The van der Waals surface area contributed by atoms with Gasteiger partial charge in [-0.05, 0) is 25.1 Å². The van der Waals surface area contributed by atoms with Crippen LogP contribution in [0.2, 0.25) is 10.2 Å². The molecule has 1 aliphatic rings. The van der Waals surface area contributed by atoms with Crippen molar-refractivity contribution in [3.05, 3.63) is 38.1 Å². The number of aromatic nitrogens is 1. The van der Waals surface area contributed by atoms with Crippen molar-refractivity contribution >= 4 is 29.0 Å². The molecule has 0 spiro atoms. The number of rotatable bonds is 4. The minimum absolute atomic E-state index is 0.229. The fourth-order valence-corrected chi connectivity index (χ4v) is 2.80. The van der Waals surface area contributed by atoms with Gasteiger partial charge in [0.2, 0.25) is 0 Å². The highest BCUT2D eigenvalue weighted by molar-refractivity contribution is 6.41. The molecule has 7 nitrogen and oxygen atoms in total. The summed E-state index contributed by atoms with van der Waals surface area (Å²) in [5.41, 5.74) is 0.764. The van der Waals surface area contributed by atoms with Crippen LogP contribution in [0.5, 0.6) is 0 Å². The normalized spacial score (nSPS) is 22.4. The number of nitro groups is 1. The average Bonchev–Trinajstić information content (AvgIpc) is 2.51. The number of amidine groups is 1. The molecule has 2 atom stereocenters. The molecule has 1 saturated heterocycles. The summed E-state index contributed by atoms with van der Waals surface area (Å²) >= 11 is 11.8. The fraction of sp³-hybridized carbons (Fsp3) is 0.571. The molecule has 1 aromatic rings. The van der Waals surface area contributed by atoms with Crippen LogP contribution >= 0.6 is 23.2 Å². The Balaban J connectivity index is 2.30. The van der Waals surface area contributed by atoms with Gasteiger partial charge in [-0.15, -0.1) is 0 Å². The predicted octanol–water partition coefficient (Wildman–Crippen LogP) is 2.72. The van der Waals surface area contributed by atoms with E-state index in [4.69, 9.17) is 23.2 Å². The van der Waals surface area contributed by atoms with Crippen molar-refractivity contribution in [1.29, 1.82) is 0 Å². The highest BCUT2D eigenvalue weighted by Gasteiger charge is 2.37. The van der Waals surface area contributed by atoms with Gasteiger partial charge in [0.15, 0.2) is 5.84 Å². The SMILES string of the molecule is CCN1CC([N+](=O)[O-])C(=NC(C)c2cnc(Cl)c(Cl)c2)N(C)C1. The van der Waals surface area contributed by atoms with E-state index in [9.17, 15) is 10.1 Å². The molecule has 0 bridgehead atoms. The maximum atomic E-state index is 11.4. The van der Waals surface area contributed by atoms with Crippen molar-refractivity contribution in [2.75, 3.05) is 26.8 Å². The second-order valence-corrected chi connectivity index (χ2v) is 6.28. The highest BCUT2D eigenvalue weighted by Crippen LogP contribution is 2.25. The third kappa shape index (κ3) is 4.10. The van der Waals surface area contributed by atoms with E-state index >= 15 is 0 Å². The summed E-state index contributed by atoms with van der Waals surface area (Å²) in [4.78, 5) is 23.5. The van der Waals surface area contributed by atoms with Crippen LogP contribution in [0.1, 0.15) is 25.5 Å². The van der Waals surface area contributed by atoms with E-state index < -0.39 is 6.04 Å². The highest BCUT2D eigenvalue weighted by atomic mass is 35.5. The molecule has 2 heterocycles. The fourth-order valence-electron chi connectivity index (χ4n) is 2.52. The zero-order valence-electron chi connectivity index (χ0n) is 13.2. The third-order valence-corrected chi connectivity index (χ3v) is 4.55. The van der Waals surface area contributed by atoms with E-state index in [2.05, 4.69) is 9.98 Å². The zero-order valence-corrected chi connectivity index (χ0v) is 14.8. The first kappa shape index (κ1) is 17.9. The van der Waals surface area contributed by atoms with Gasteiger partial charge in [-0.25, -0.2) is 4.98 Å². The summed E-state index contributed by atoms with van der Waals surface area (Å²) in [6, 6.07) is 0.547. The molecule has 1 fully saturated rings. The largest absolute Gasteiger partial charge is 0.345 e. The molecule has 1 aliphatic heterocycles. The smallest absolute Gasteiger partial charge is 0.281 e. The Morgan fingerprint density at radius 3 is 2.83 bits per heavy atom. The minimum atomic E-state index is -0.841. The van der Waals surface area contributed by atoms with E-state index in [1.807, 2.05) is 30.7 Å². The van der Waals surface area contributed by atoms with Gasteiger partial charge in [0.05, 0.1) is 24.3 Å². The van der Waals surface area contributed by atoms with E-state index in [1.54, 1.807) is 12.3 Å². The van der Waals surface area contributed by atoms with Crippen LogP contribution in [-0.4, -0.2) is 58.4 Å². The third-order valence-electron chi connectivity index (χ3n) is 3.86. The molecule has 126 valence electrons. The van der Waals surface area contributed by atoms with Gasteiger partial charge in [0.25, 0.3) is 6.04 Å². The topological polar surface area (TPSA) is 74.9 Å². The Hall–Kier alpha value is -1.44. The summed E-state index contributed by atoms with van der Waals surface area (Å²) in [5.74, 6) is 0.471. The Morgan fingerprint density at radius 1 is 1.57 bits per heavy atom. The first-order valence-electron chi connectivity index (χ1n) is 7.29. The molecule has 0 aromatic carbocycles. The van der Waals surface area contributed by atoms with Gasteiger partial charge in [-0.2, -0.15) is 0 Å². The number of hydrogen-bond donors (Lipinski definition) is 0. The van der Waals surface area contributed by atoms with E-state index in [1.165, 1.54) is 0 Å². The number of hydrogen-bond acceptors (Lipinski definition) is 5. The lowest BCUT2D eigenvalue weighted by atomic mass is 10.1. The van der Waals surface area contributed by atoms with Gasteiger partial charge in [0.1, 0.15) is 5.15 Å². The lowest BCUT2D eigenvalue weighted by Gasteiger charge is -2.36. The van der Waals surface area contributed by atoms with Gasteiger partial charge >= 0.3 is 0 Å². The molecule has 0 saturated carbocycles. The van der Waals surface area contributed by atoms with E-state index in [0.29, 0.717) is 24.1 Å². The molecular weight excluding hydrogens is 341 g/mol. The molecular formula is C14H19Cl2N5O2. The molecule has 2 rings (SSSR count). The van der Waals surface area contributed by atoms with Crippen LogP contribution in [0.25, 0.3) is 0 Å². The molecule has 0 N–H and O–H groups in total. The number of likely N-dealkylation sites (N-methyl/N-ethyl adjacent to an activating group) is 2. The van der Waals surface area contributed by atoms with Crippen LogP contribution in [-0.2, 0) is 0 Å². The second kappa shape index (κ2) is 7.42. The Labute approximate surface area is 145 Å². The Bertz CT molecular complexity index is 625. The van der Waals surface area contributed by atoms with Crippen LogP contribution in [0.3, 0.4) is 0 Å². The van der Waals surface area contributed by atoms with Gasteiger partial charge in [-0.1, -0.05) is 30.1 Å². The zero-order chi connectivity index (χ0) is 17.1. The first-order valence-corrected chi connectivity index (χ1v) is 8.04. The summed E-state index contributed by atoms with van der Waals surface area (Å²) in [6.07, 6.45) is 1.59. The standard InChI is InChI=1S/C14H19Cl2N5O2/c1-4-20-7-12(21(22)23)14(19(3)8-20)18-9(2)10-5-11(15)13(16)17-6-10/h5-6,9,12H,4,7-8H2,1-3H3. The van der Waals surface area contributed by atoms with E-state index in [-0.39, 0.29) is 16.1 Å². The molecule has 0 aliphatic carbocycles. The van der Waals surface area contributed by atoms with Crippen molar-refractivity contribution < 1.29 is 4.92 Å². The van der Waals surface area contributed by atoms with Crippen molar-refractivity contribution in [2.45, 2.75) is 25.9 Å². The molecule has 1 aromatic heterocycles. The monoisotopic (exact) mass is 359 g/mol. The predicted molar refractivity (Wildman–Crippen MR) is 90.8 cm³/mol. The molecule has 0 amide bonds. The average molecular weight is 360 g/mol. The van der Waals surface area contributed by atoms with Crippen LogP contribution in [0.4, 0.5) is 0 Å². The van der Waals surface area contributed by atoms with Crippen LogP contribution < -0.4 is 0 Å². The van der Waals surface area contributed by atoms with E-state index in [0.717, 1.165) is 12.1 Å². The second-order valence-electron chi connectivity index (χ2n) is 5.51. The molecule has 23 heavy (non-hydrogen) atoms. The maximum absolute atomic E-state index is 11.4. The Kier molecular flexibility index (Phi) is 5.78. The quantitative estimate of drug-likeness (QED) is 0.469. The summed E-state index contributed by atoms with van der Waals surface area (Å²) in [6.45, 7) is 5.57. The summed E-state index contributed by atoms with van der Waals surface area (Å²) in [5, 5.41) is 12.0. The van der Waals surface area contributed by atoms with Crippen LogP contribution in [0, 0.1) is 10.1 Å². The number of pyridine rings is 1. The van der Waals surface area contributed by atoms with Crippen molar-refractivity contribution in [3.63, 3.8) is 0 Å². The minimum Gasteiger partial charge on any atom is -0.345 e. The number of nitrogens with zero attached hydrogens (tertiary/aromatic N) is 5. The lowest BCUT2D eigenvalue weighted by Crippen LogP contribution is -2.57. The lowest BCUT2D eigenvalue weighted by molar-refractivity contribution is -0.506. The van der Waals surface area contributed by atoms with Gasteiger partial charge in [-0.3, -0.25) is 20.0 Å². The Morgan fingerprint density at radius 2 is 2.26 bits per heavy atom. The van der Waals surface area contributed by atoms with Gasteiger partial charge < -0.3 is 4.90 Å². The molecule has 9 heteroatoms. The number of aliphatic imine (C=N–C) groups is 1. The molecule has 0 radical (unpaired) electrons. The summed E-state index contributed by atoms with van der Waals surface area (Å²) in [7, 11) is 1.82. The summed E-state index contributed by atoms with van der Waals surface area (Å²) < 4.78 is 0. The van der Waals surface area contributed by atoms with Gasteiger partial charge in [0, 0.05) is 18.2 Å². The van der Waals surface area contributed by atoms with Crippen molar-refractivity contribution in [3.8, 4) is 0 Å². The molecule has 2 unspecified atom stereocenters. The van der Waals surface area contributed by atoms with Crippen LogP contribution in [0.15, 0.2) is 17.3 Å². The number of halogens is 2. The van der Waals surface area contributed by atoms with Crippen molar-refractivity contribution in [2.24, 2.45) is 4.99 Å². The maximum Gasteiger partial charge on any atom is 0.281 e.